The molecule has 3 heteroatoms. The van der Waals surface area contributed by atoms with Crippen LogP contribution in [0.25, 0.3) is 0 Å². The first-order valence-electron chi connectivity index (χ1n) is 7.94. The zero-order valence-corrected chi connectivity index (χ0v) is 12.3. The van der Waals surface area contributed by atoms with Gasteiger partial charge in [0.25, 0.3) is 0 Å². The van der Waals surface area contributed by atoms with E-state index >= 15 is 0 Å². The number of piperidine rings is 2. The highest BCUT2D eigenvalue weighted by atomic mass is 15.2. The van der Waals surface area contributed by atoms with E-state index in [9.17, 15) is 0 Å². The number of hydrogen-bond donors (Lipinski definition) is 1. The Labute approximate surface area is 113 Å². The third-order valence-corrected chi connectivity index (χ3v) is 4.97. The fraction of sp³-hybridized carbons (Fsp3) is 1.00. The Balaban J connectivity index is 1.67. The molecule has 0 amide bonds. The van der Waals surface area contributed by atoms with Gasteiger partial charge in [-0.1, -0.05) is 6.92 Å². The van der Waals surface area contributed by atoms with Crippen LogP contribution < -0.4 is 5.32 Å². The van der Waals surface area contributed by atoms with E-state index in [1.54, 1.807) is 0 Å². The molecule has 3 nitrogen and oxygen atoms in total. The topological polar surface area (TPSA) is 18.5 Å². The van der Waals surface area contributed by atoms with Gasteiger partial charge in [0, 0.05) is 6.04 Å². The lowest BCUT2D eigenvalue weighted by Crippen LogP contribution is -2.47. The summed E-state index contributed by atoms with van der Waals surface area (Å²) in [6, 6.07) is 0.887. The Hall–Kier alpha value is -0.120. The summed E-state index contributed by atoms with van der Waals surface area (Å²) in [6.07, 6.45) is 7.02. The molecule has 0 unspecified atom stereocenters. The maximum absolute atomic E-state index is 3.28. The van der Waals surface area contributed by atoms with Crippen LogP contribution in [0.3, 0.4) is 0 Å². The SMILES string of the molecule is CCN1CCC(N2CCC(CCNC)CC2)CC1. The van der Waals surface area contributed by atoms with E-state index in [0.29, 0.717) is 0 Å². The Morgan fingerprint density at radius 2 is 1.67 bits per heavy atom. The minimum absolute atomic E-state index is 0.887. The van der Waals surface area contributed by atoms with E-state index in [1.165, 1.54) is 71.4 Å². The monoisotopic (exact) mass is 253 g/mol. The van der Waals surface area contributed by atoms with Gasteiger partial charge in [-0.3, -0.25) is 0 Å². The van der Waals surface area contributed by atoms with Crippen LogP contribution in [0.4, 0.5) is 0 Å². The molecule has 0 spiro atoms. The van der Waals surface area contributed by atoms with E-state index < -0.39 is 0 Å². The molecule has 18 heavy (non-hydrogen) atoms. The molecule has 2 heterocycles. The summed E-state index contributed by atoms with van der Waals surface area (Å²) in [6.45, 7) is 10.1. The van der Waals surface area contributed by atoms with E-state index in [1.807, 2.05) is 0 Å². The maximum atomic E-state index is 3.28. The second kappa shape index (κ2) is 7.46. The molecule has 2 fully saturated rings. The number of likely N-dealkylation sites (tertiary alicyclic amines) is 2. The second-order valence-electron chi connectivity index (χ2n) is 6.04. The standard InChI is InChI=1S/C15H31N3/c1-3-17-10-7-15(8-11-17)18-12-5-14(6-13-18)4-9-16-2/h14-16H,3-13H2,1-2H3. The lowest BCUT2D eigenvalue weighted by atomic mass is 9.91. The highest BCUT2D eigenvalue weighted by molar-refractivity contribution is 4.83. The number of nitrogens with one attached hydrogen (secondary N) is 1. The predicted molar refractivity (Wildman–Crippen MR) is 78.0 cm³/mol. The van der Waals surface area contributed by atoms with Gasteiger partial charge in [-0.2, -0.15) is 0 Å². The Morgan fingerprint density at radius 3 is 2.22 bits per heavy atom. The molecule has 0 aromatic heterocycles. The smallest absolute Gasteiger partial charge is 0.0120 e. The summed E-state index contributed by atoms with van der Waals surface area (Å²) >= 11 is 0. The maximum Gasteiger partial charge on any atom is 0.0120 e. The van der Waals surface area contributed by atoms with Crippen molar-refractivity contribution in [3.05, 3.63) is 0 Å². The van der Waals surface area contributed by atoms with Crippen molar-refractivity contribution in [3.63, 3.8) is 0 Å². The molecule has 0 bridgehead atoms. The number of rotatable bonds is 5. The zero-order chi connectivity index (χ0) is 12.8. The fourth-order valence-electron chi connectivity index (χ4n) is 3.56. The van der Waals surface area contributed by atoms with Gasteiger partial charge in [-0.05, 0) is 84.3 Å². The van der Waals surface area contributed by atoms with Gasteiger partial charge in [0.05, 0.1) is 0 Å². The minimum atomic E-state index is 0.887. The molecule has 1 N–H and O–H groups in total. The summed E-state index contributed by atoms with van der Waals surface area (Å²) < 4.78 is 0. The van der Waals surface area contributed by atoms with Crippen molar-refractivity contribution in [2.75, 3.05) is 46.3 Å². The summed E-state index contributed by atoms with van der Waals surface area (Å²) in [5.41, 5.74) is 0. The van der Waals surface area contributed by atoms with Crippen molar-refractivity contribution in [2.45, 2.75) is 45.1 Å². The van der Waals surface area contributed by atoms with Crippen molar-refractivity contribution in [3.8, 4) is 0 Å². The van der Waals surface area contributed by atoms with Crippen molar-refractivity contribution >= 4 is 0 Å². The molecule has 2 saturated heterocycles. The lowest BCUT2D eigenvalue weighted by molar-refractivity contribution is 0.0780. The summed E-state index contributed by atoms with van der Waals surface area (Å²) in [7, 11) is 2.07. The summed E-state index contributed by atoms with van der Waals surface area (Å²) in [5.74, 6) is 0.976. The number of hydrogen-bond acceptors (Lipinski definition) is 3. The van der Waals surface area contributed by atoms with Gasteiger partial charge < -0.3 is 15.1 Å². The Morgan fingerprint density at radius 1 is 1.00 bits per heavy atom. The normalized spacial score (nSPS) is 25.7. The van der Waals surface area contributed by atoms with Crippen molar-refractivity contribution in [1.29, 1.82) is 0 Å². The van der Waals surface area contributed by atoms with Crippen LogP contribution in [0.1, 0.15) is 39.0 Å². The first kappa shape index (κ1) is 14.3. The highest BCUT2D eigenvalue weighted by Crippen LogP contribution is 2.25. The fourth-order valence-corrected chi connectivity index (χ4v) is 3.56. The van der Waals surface area contributed by atoms with Crippen LogP contribution in [-0.4, -0.2) is 62.2 Å². The first-order valence-corrected chi connectivity index (χ1v) is 7.94. The van der Waals surface area contributed by atoms with Crippen LogP contribution >= 0.6 is 0 Å². The quantitative estimate of drug-likeness (QED) is 0.806. The Bertz CT molecular complexity index is 216. The lowest BCUT2D eigenvalue weighted by Gasteiger charge is -2.41. The summed E-state index contributed by atoms with van der Waals surface area (Å²) in [5, 5.41) is 3.28. The zero-order valence-electron chi connectivity index (χ0n) is 12.3. The van der Waals surface area contributed by atoms with Crippen molar-refractivity contribution in [2.24, 2.45) is 5.92 Å². The molecular formula is C15H31N3. The highest BCUT2D eigenvalue weighted by Gasteiger charge is 2.27. The van der Waals surface area contributed by atoms with E-state index in [0.717, 1.165) is 12.0 Å². The first-order chi connectivity index (χ1) is 8.83. The summed E-state index contributed by atoms with van der Waals surface area (Å²) in [4.78, 5) is 5.37. The minimum Gasteiger partial charge on any atom is -0.320 e. The van der Waals surface area contributed by atoms with Gasteiger partial charge in [0.1, 0.15) is 0 Å². The van der Waals surface area contributed by atoms with E-state index in [-0.39, 0.29) is 0 Å². The molecule has 0 radical (unpaired) electrons. The third-order valence-electron chi connectivity index (χ3n) is 4.97. The number of nitrogens with zero attached hydrogens (tertiary/aromatic N) is 2. The average Bonchev–Trinajstić information content (AvgIpc) is 2.46. The van der Waals surface area contributed by atoms with Crippen LogP contribution in [-0.2, 0) is 0 Å². The molecule has 2 rings (SSSR count). The van der Waals surface area contributed by atoms with Crippen LogP contribution in [0.5, 0.6) is 0 Å². The third kappa shape index (κ3) is 3.94. The van der Waals surface area contributed by atoms with Crippen LogP contribution in [0, 0.1) is 5.92 Å². The van der Waals surface area contributed by atoms with Gasteiger partial charge in [-0.25, -0.2) is 0 Å². The van der Waals surface area contributed by atoms with Gasteiger partial charge >= 0.3 is 0 Å². The van der Waals surface area contributed by atoms with E-state index in [2.05, 4.69) is 29.1 Å². The van der Waals surface area contributed by atoms with Gasteiger partial charge in [-0.15, -0.1) is 0 Å². The molecule has 0 aliphatic carbocycles. The van der Waals surface area contributed by atoms with Gasteiger partial charge in [0.15, 0.2) is 0 Å². The molecule has 106 valence electrons. The van der Waals surface area contributed by atoms with Crippen molar-refractivity contribution < 1.29 is 0 Å². The van der Waals surface area contributed by atoms with Gasteiger partial charge in [0.2, 0.25) is 0 Å². The second-order valence-corrected chi connectivity index (χ2v) is 6.04. The molecule has 2 aliphatic heterocycles. The molecule has 0 saturated carbocycles. The van der Waals surface area contributed by atoms with E-state index in [4.69, 9.17) is 0 Å². The van der Waals surface area contributed by atoms with Crippen LogP contribution in [0.15, 0.2) is 0 Å². The largest absolute Gasteiger partial charge is 0.320 e. The predicted octanol–water partition coefficient (Wildman–Crippen LogP) is 1.79. The molecule has 0 aromatic carbocycles. The Kier molecular flexibility index (Phi) is 5.93. The van der Waals surface area contributed by atoms with Crippen molar-refractivity contribution in [1.82, 2.24) is 15.1 Å². The molecule has 0 atom stereocenters. The molecule has 0 aromatic rings. The molecule has 2 aliphatic rings. The average molecular weight is 253 g/mol. The molecular weight excluding hydrogens is 222 g/mol. The van der Waals surface area contributed by atoms with Crippen LogP contribution in [0.2, 0.25) is 0 Å².